The third-order valence-corrected chi connectivity index (χ3v) is 12.4. The lowest BCUT2D eigenvalue weighted by molar-refractivity contribution is -0.597. The molecule has 0 nitrogen and oxygen atoms in total. The van der Waals surface area contributed by atoms with Gasteiger partial charge in [-0.25, -0.2) is 0 Å². The van der Waals surface area contributed by atoms with E-state index < -0.39 is 6.15 Å². The number of hydrogen-bond acceptors (Lipinski definition) is 0. The molecule has 0 radical (unpaired) electrons. The zero-order valence-electron chi connectivity index (χ0n) is 27.5. The van der Waals surface area contributed by atoms with Crippen LogP contribution in [-0.4, -0.2) is 6.15 Å². The Morgan fingerprint density at radius 2 is 0.708 bits per heavy atom. The summed E-state index contributed by atoms with van der Waals surface area (Å²) < 4.78 is 2.96. The average molecular weight is 731 g/mol. The number of hydrogen-bond donors (Lipinski definition) is 0. The molecule has 0 N–H and O–H groups in total. The topological polar surface area (TPSA) is 0 Å². The summed E-state index contributed by atoms with van der Waals surface area (Å²) in [6, 6.07) is 68.9. The van der Waals surface area contributed by atoms with Gasteiger partial charge in [-0.15, -0.1) is 0 Å². The molecule has 234 valence electrons. The molecule has 0 fully saturated rings. The fourth-order valence-electron chi connectivity index (χ4n) is 7.60. The summed E-state index contributed by atoms with van der Waals surface area (Å²) in [6.07, 6.45) is 2.21. The molecular weight excluding hydrogens is 690 g/mol. The zero-order chi connectivity index (χ0) is 32.6. The number of fused-ring (bicyclic) bond motifs is 3. The van der Waals surface area contributed by atoms with Crippen LogP contribution in [0, 0.1) is 7.14 Å². The summed E-state index contributed by atoms with van der Waals surface area (Å²) >= 11 is 0.0287. The van der Waals surface area contributed by atoms with Gasteiger partial charge in [-0.2, -0.15) is 22.7 Å². The van der Waals surface area contributed by atoms with Crippen LogP contribution < -0.4 is 37.6 Å². The van der Waals surface area contributed by atoms with Crippen molar-refractivity contribution in [2.75, 3.05) is 0 Å². The highest BCUT2D eigenvalue weighted by Crippen LogP contribution is 2.27. The minimum Gasteiger partial charge on any atom is -0.192 e. The summed E-state index contributed by atoms with van der Waals surface area (Å²) in [5.41, 5.74) is 4.39. The van der Waals surface area contributed by atoms with Crippen molar-refractivity contribution in [2.24, 2.45) is 0 Å². The normalized spacial score (nSPS) is 11.4. The SMILES string of the molecule is CCCC[B-](c1cccc2ccccc12)(c1cccc2ccccc12)c1cccc2ccccc12.c1ccc([I+]c2ccccc2)cc1. The standard InChI is InChI=1S/C34H30B.C12H10I/c1-2-3-25-35(32-22-10-16-26-13-4-7-19-29(26)32,33-23-11-17-27-14-5-8-20-30(27)33)34-24-12-18-28-15-6-9-21-31(28)34;1-3-7-11(8-4-1)13-12-9-5-2-6-10-12/h4-24H,2-3,25H2,1H3;1-10H/q-1;+1. The van der Waals surface area contributed by atoms with E-state index in [0.29, 0.717) is 0 Å². The van der Waals surface area contributed by atoms with Crippen LogP contribution in [0.3, 0.4) is 0 Å². The molecule has 48 heavy (non-hydrogen) atoms. The van der Waals surface area contributed by atoms with E-state index in [2.05, 4.69) is 195 Å². The smallest absolute Gasteiger partial charge is 0.192 e. The first kappa shape index (κ1) is 31.9. The van der Waals surface area contributed by atoms with Crippen LogP contribution >= 0.6 is 0 Å². The van der Waals surface area contributed by atoms with Gasteiger partial charge in [0.2, 0.25) is 0 Å². The van der Waals surface area contributed by atoms with Crippen LogP contribution in [0.25, 0.3) is 32.3 Å². The molecule has 2 heteroatoms. The Morgan fingerprint density at radius 3 is 1.08 bits per heavy atom. The lowest BCUT2D eigenvalue weighted by Gasteiger charge is -2.45. The summed E-state index contributed by atoms with van der Waals surface area (Å²) in [7, 11) is 0. The molecular formula is C46H40BI. The van der Waals surface area contributed by atoms with E-state index in [-0.39, 0.29) is 21.2 Å². The molecule has 0 amide bonds. The number of halogens is 1. The maximum atomic E-state index is 2.40. The fraction of sp³-hybridized carbons (Fsp3) is 0.0870. The zero-order valence-corrected chi connectivity index (χ0v) is 29.6. The third kappa shape index (κ3) is 6.55. The highest BCUT2D eigenvalue weighted by molar-refractivity contribution is 7.14. The second kappa shape index (κ2) is 15.0. The monoisotopic (exact) mass is 730 g/mol. The van der Waals surface area contributed by atoms with Gasteiger partial charge in [-0.3, -0.25) is 0 Å². The summed E-state index contributed by atoms with van der Waals surface area (Å²) in [4.78, 5) is 0. The van der Waals surface area contributed by atoms with Crippen LogP contribution in [0.5, 0.6) is 0 Å². The van der Waals surface area contributed by atoms with Crippen molar-refractivity contribution in [2.45, 2.75) is 26.1 Å². The van der Waals surface area contributed by atoms with Crippen LogP contribution in [0.2, 0.25) is 6.32 Å². The first-order valence-electron chi connectivity index (χ1n) is 17.1. The maximum Gasteiger partial charge on any atom is 0.357 e. The molecule has 0 unspecified atom stereocenters. The Labute approximate surface area is 295 Å². The molecule has 0 aliphatic rings. The number of unbranched alkanes of at least 4 members (excludes halogenated alkanes) is 1. The first-order chi connectivity index (χ1) is 23.8. The molecule has 0 spiro atoms. The fourth-order valence-corrected chi connectivity index (χ4v) is 9.87. The second-order valence-electron chi connectivity index (χ2n) is 12.6. The molecule has 0 aliphatic carbocycles. The predicted octanol–water partition coefficient (Wildman–Crippen LogP) is 7.23. The maximum absolute atomic E-state index is 2.40. The van der Waals surface area contributed by atoms with Gasteiger partial charge >= 0.3 is 21.2 Å². The number of rotatable bonds is 8. The van der Waals surface area contributed by atoms with E-state index in [1.54, 1.807) is 0 Å². The van der Waals surface area contributed by atoms with Crippen molar-refractivity contribution in [1.29, 1.82) is 0 Å². The Kier molecular flexibility index (Phi) is 10.0. The van der Waals surface area contributed by atoms with Crippen molar-refractivity contribution in [3.8, 4) is 0 Å². The van der Waals surface area contributed by atoms with E-state index in [4.69, 9.17) is 0 Å². The Morgan fingerprint density at radius 1 is 0.375 bits per heavy atom. The average Bonchev–Trinajstić information content (AvgIpc) is 3.16. The summed E-state index contributed by atoms with van der Waals surface area (Å²) in [5.74, 6) is 0. The van der Waals surface area contributed by atoms with Gasteiger partial charge in [0.1, 0.15) is 0 Å². The molecule has 8 aromatic rings. The quantitative estimate of drug-likeness (QED) is 0.114. The Bertz CT molecular complexity index is 2010. The minimum absolute atomic E-state index is 0.0287. The van der Waals surface area contributed by atoms with Crippen LogP contribution in [0.4, 0.5) is 0 Å². The number of benzene rings is 8. The minimum atomic E-state index is -1.25. The lowest BCUT2D eigenvalue weighted by Crippen LogP contribution is -3.61. The molecule has 0 heterocycles. The molecule has 0 bridgehead atoms. The van der Waals surface area contributed by atoms with E-state index in [1.807, 2.05) is 0 Å². The largest absolute Gasteiger partial charge is 0.357 e. The Hall–Kier alpha value is -4.67. The van der Waals surface area contributed by atoms with Crippen LogP contribution in [0.15, 0.2) is 188 Å². The van der Waals surface area contributed by atoms with Gasteiger partial charge in [0.25, 0.3) is 0 Å². The second-order valence-corrected chi connectivity index (χ2v) is 15.6. The van der Waals surface area contributed by atoms with E-state index in [0.717, 1.165) is 6.32 Å². The molecule has 0 saturated carbocycles. The molecule has 0 atom stereocenters. The lowest BCUT2D eigenvalue weighted by atomic mass is 9.13. The van der Waals surface area contributed by atoms with E-state index in [9.17, 15) is 0 Å². The van der Waals surface area contributed by atoms with Crippen molar-refractivity contribution >= 4 is 54.9 Å². The van der Waals surface area contributed by atoms with Gasteiger partial charge in [-0.1, -0.05) is 200 Å². The summed E-state index contributed by atoms with van der Waals surface area (Å²) in [5, 5.41) is 8.04. The highest BCUT2D eigenvalue weighted by Gasteiger charge is 2.33. The van der Waals surface area contributed by atoms with Crippen LogP contribution in [-0.2, 0) is 0 Å². The third-order valence-electron chi connectivity index (χ3n) is 9.74. The van der Waals surface area contributed by atoms with Crippen LogP contribution in [0.1, 0.15) is 19.8 Å². The molecule has 0 aromatic heterocycles. The van der Waals surface area contributed by atoms with Gasteiger partial charge in [-0.05, 0) is 40.4 Å². The summed E-state index contributed by atoms with van der Waals surface area (Å²) in [6.45, 7) is 2.32. The molecule has 0 saturated heterocycles. The molecule has 8 rings (SSSR count). The van der Waals surface area contributed by atoms with E-state index in [1.165, 1.54) is 68.7 Å². The Balaban J connectivity index is 0.000000235. The van der Waals surface area contributed by atoms with Gasteiger partial charge in [0.15, 0.2) is 7.14 Å². The van der Waals surface area contributed by atoms with Crippen molar-refractivity contribution in [3.63, 3.8) is 0 Å². The van der Waals surface area contributed by atoms with Crippen molar-refractivity contribution in [3.05, 3.63) is 195 Å². The molecule has 0 aliphatic heterocycles. The first-order valence-corrected chi connectivity index (χ1v) is 19.3. The van der Waals surface area contributed by atoms with Gasteiger partial charge in [0.05, 0.1) is 6.15 Å². The molecule has 8 aromatic carbocycles. The van der Waals surface area contributed by atoms with E-state index >= 15 is 0 Å². The van der Waals surface area contributed by atoms with Crippen molar-refractivity contribution < 1.29 is 21.2 Å². The van der Waals surface area contributed by atoms with Gasteiger partial charge in [0, 0.05) is 0 Å². The van der Waals surface area contributed by atoms with Gasteiger partial charge < -0.3 is 0 Å². The van der Waals surface area contributed by atoms with Crippen molar-refractivity contribution in [1.82, 2.24) is 0 Å². The highest BCUT2D eigenvalue weighted by atomic mass is 127. The predicted molar refractivity (Wildman–Crippen MR) is 206 cm³/mol.